The monoisotopic (exact) mass is 228 g/mol. The summed E-state index contributed by atoms with van der Waals surface area (Å²) in [6.07, 6.45) is 2.04. The summed E-state index contributed by atoms with van der Waals surface area (Å²) in [4.78, 5) is 21.8. The van der Waals surface area contributed by atoms with Gasteiger partial charge < -0.3 is 4.74 Å². The summed E-state index contributed by atoms with van der Waals surface area (Å²) in [5.41, 5.74) is 1.59. The van der Waals surface area contributed by atoms with Crippen molar-refractivity contribution in [1.82, 2.24) is 10.2 Å². The summed E-state index contributed by atoms with van der Waals surface area (Å²) in [7, 11) is 1.30. The number of esters is 1. The van der Waals surface area contributed by atoms with Gasteiger partial charge in [0.2, 0.25) is 0 Å². The number of ether oxygens (including phenoxy) is 1. The van der Waals surface area contributed by atoms with Gasteiger partial charge in [-0.2, -0.15) is 5.10 Å². The number of H-pyrrole nitrogens is 1. The first-order chi connectivity index (χ1) is 8.26. The Morgan fingerprint density at radius 3 is 3.06 bits per heavy atom. The molecule has 2 aromatic rings. The highest BCUT2D eigenvalue weighted by Gasteiger charge is 2.12. The average Bonchev–Trinajstić information content (AvgIpc) is 2.82. The number of aldehydes is 1. The average molecular weight is 228 g/mol. The van der Waals surface area contributed by atoms with Crippen molar-refractivity contribution in [3.63, 3.8) is 0 Å². The number of carbonyl (C=O) groups excluding carboxylic acids is 2. The molecule has 84 valence electrons. The minimum Gasteiger partial charge on any atom is -0.465 e. The van der Waals surface area contributed by atoms with Gasteiger partial charge in [0.1, 0.15) is 0 Å². The second-order valence-electron chi connectivity index (χ2n) is 3.23. The van der Waals surface area contributed by atoms with E-state index in [0.717, 1.165) is 0 Å². The molecule has 0 aliphatic carbocycles. The Morgan fingerprint density at radius 2 is 2.35 bits per heavy atom. The Morgan fingerprint density at radius 1 is 1.53 bits per heavy atom. The number of rotatable bonds is 1. The first-order valence-electron chi connectivity index (χ1n) is 4.77. The van der Waals surface area contributed by atoms with Crippen LogP contribution in [0.25, 0.3) is 10.9 Å². The molecule has 0 spiro atoms. The van der Waals surface area contributed by atoms with E-state index in [1.807, 2.05) is 0 Å². The van der Waals surface area contributed by atoms with Gasteiger partial charge in [0.05, 0.1) is 24.4 Å². The Kier molecular flexibility index (Phi) is 2.88. The standard InChI is InChI=1S/C12H8N2O3/c1-17-12(16)9-5-8(3-2-4-15)6-11-10(9)7-13-14-11/h4-7H,1H3,(H,13,14). The first-order valence-corrected chi connectivity index (χ1v) is 4.77. The topological polar surface area (TPSA) is 72.1 Å². The zero-order valence-corrected chi connectivity index (χ0v) is 8.98. The number of aromatic nitrogens is 2. The second-order valence-corrected chi connectivity index (χ2v) is 3.23. The zero-order chi connectivity index (χ0) is 12.3. The number of fused-ring (bicyclic) bond motifs is 1. The van der Waals surface area contributed by atoms with E-state index in [0.29, 0.717) is 28.3 Å². The number of nitrogens with zero attached hydrogens (tertiary/aromatic N) is 1. The van der Waals surface area contributed by atoms with Crippen molar-refractivity contribution in [1.29, 1.82) is 0 Å². The maximum Gasteiger partial charge on any atom is 0.338 e. The van der Waals surface area contributed by atoms with Gasteiger partial charge >= 0.3 is 5.97 Å². The predicted molar refractivity (Wildman–Crippen MR) is 60.4 cm³/mol. The number of methoxy groups -OCH3 is 1. The van der Waals surface area contributed by atoms with Crippen LogP contribution in [0, 0.1) is 11.8 Å². The van der Waals surface area contributed by atoms with E-state index in [-0.39, 0.29) is 0 Å². The van der Waals surface area contributed by atoms with Crippen molar-refractivity contribution in [2.45, 2.75) is 0 Å². The van der Waals surface area contributed by atoms with Gasteiger partial charge in [-0.1, -0.05) is 5.92 Å². The molecule has 1 aromatic carbocycles. The lowest BCUT2D eigenvalue weighted by molar-refractivity contribution is -0.103. The SMILES string of the molecule is COC(=O)c1cc(C#CC=O)cc2[nH]ncc12. The molecule has 0 radical (unpaired) electrons. The van der Waals surface area contributed by atoms with Crippen molar-refractivity contribution in [3.8, 4) is 11.8 Å². The van der Waals surface area contributed by atoms with E-state index in [2.05, 4.69) is 26.8 Å². The lowest BCUT2D eigenvalue weighted by Gasteiger charge is -2.01. The number of carbonyl (C=O) groups is 2. The molecule has 0 amide bonds. The third-order valence-corrected chi connectivity index (χ3v) is 2.24. The number of benzene rings is 1. The van der Waals surface area contributed by atoms with Crippen molar-refractivity contribution in [2.24, 2.45) is 0 Å². The highest BCUT2D eigenvalue weighted by Crippen LogP contribution is 2.19. The van der Waals surface area contributed by atoms with E-state index in [4.69, 9.17) is 0 Å². The fourth-order valence-corrected chi connectivity index (χ4v) is 1.52. The number of aromatic amines is 1. The molecule has 5 nitrogen and oxygen atoms in total. The van der Waals surface area contributed by atoms with E-state index < -0.39 is 5.97 Å². The third-order valence-electron chi connectivity index (χ3n) is 2.24. The third kappa shape index (κ3) is 2.01. The van der Waals surface area contributed by atoms with Crippen LogP contribution >= 0.6 is 0 Å². The van der Waals surface area contributed by atoms with Gasteiger partial charge in [0.15, 0.2) is 6.29 Å². The fourth-order valence-electron chi connectivity index (χ4n) is 1.52. The number of hydrogen-bond acceptors (Lipinski definition) is 4. The highest BCUT2D eigenvalue weighted by atomic mass is 16.5. The number of nitrogens with one attached hydrogen (secondary N) is 1. The molecule has 5 heteroatoms. The van der Waals surface area contributed by atoms with Crippen LogP contribution in [0.15, 0.2) is 18.3 Å². The maximum absolute atomic E-state index is 11.6. The summed E-state index contributed by atoms with van der Waals surface area (Å²) in [6.45, 7) is 0. The Balaban J connectivity index is 2.66. The minimum absolute atomic E-state index is 0.369. The van der Waals surface area contributed by atoms with Gasteiger partial charge in [0.25, 0.3) is 0 Å². The molecule has 0 saturated carbocycles. The highest BCUT2D eigenvalue weighted by molar-refractivity contribution is 6.04. The molecule has 0 atom stereocenters. The van der Waals surface area contributed by atoms with Gasteiger partial charge in [-0.05, 0) is 18.1 Å². The lowest BCUT2D eigenvalue weighted by Crippen LogP contribution is -2.02. The smallest absolute Gasteiger partial charge is 0.338 e. The molecule has 1 aromatic heterocycles. The van der Waals surface area contributed by atoms with E-state index in [1.54, 1.807) is 18.3 Å². The van der Waals surface area contributed by atoms with E-state index in [9.17, 15) is 9.59 Å². The molecule has 0 unspecified atom stereocenters. The van der Waals surface area contributed by atoms with Gasteiger partial charge in [-0.25, -0.2) is 4.79 Å². The quantitative estimate of drug-likeness (QED) is 0.447. The number of hydrogen-bond donors (Lipinski definition) is 1. The molecule has 2 rings (SSSR count). The van der Waals surface area contributed by atoms with E-state index in [1.165, 1.54) is 7.11 Å². The van der Waals surface area contributed by atoms with Crippen molar-refractivity contribution < 1.29 is 14.3 Å². The molecule has 0 fully saturated rings. The summed E-state index contributed by atoms with van der Waals surface area (Å²) in [6, 6.07) is 3.28. The van der Waals surface area contributed by atoms with Crippen LogP contribution < -0.4 is 0 Å². The Labute approximate surface area is 96.8 Å². The predicted octanol–water partition coefficient (Wildman–Crippen LogP) is 0.900. The van der Waals surface area contributed by atoms with Crippen LogP contribution in [0.5, 0.6) is 0 Å². The summed E-state index contributed by atoms with van der Waals surface area (Å²) in [5.74, 6) is 4.44. The van der Waals surface area contributed by atoms with Crippen molar-refractivity contribution >= 4 is 23.2 Å². The minimum atomic E-state index is -0.467. The second kappa shape index (κ2) is 4.49. The van der Waals surface area contributed by atoms with E-state index >= 15 is 0 Å². The van der Waals surface area contributed by atoms with Gasteiger partial charge in [0, 0.05) is 10.9 Å². The van der Waals surface area contributed by atoms with Crippen LogP contribution in [-0.4, -0.2) is 29.6 Å². The molecule has 0 aliphatic rings. The molecule has 1 N–H and O–H groups in total. The molecule has 17 heavy (non-hydrogen) atoms. The van der Waals surface area contributed by atoms with Crippen LogP contribution in [0.3, 0.4) is 0 Å². The molecule has 0 bridgehead atoms. The largest absolute Gasteiger partial charge is 0.465 e. The molecule has 0 saturated heterocycles. The van der Waals surface area contributed by atoms with Crippen molar-refractivity contribution in [3.05, 3.63) is 29.5 Å². The molecular weight excluding hydrogens is 220 g/mol. The Hall–Kier alpha value is -2.61. The normalized spacial score (nSPS) is 9.47. The Bertz CT molecular complexity index is 647. The van der Waals surface area contributed by atoms with Crippen LogP contribution in [0.2, 0.25) is 0 Å². The summed E-state index contributed by atoms with van der Waals surface area (Å²) in [5, 5.41) is 7.25. The van der Waals surface area contributed by atoms with Gasteiger partial charge in [-0.3, -0.25) is 9.89 Å². The molecular formula is C12H8N2O3. The first kappa shape index (κ1) is 10.9. The van der Waals surface area contributed by atoms with Crippen LogP contribution in [-0.2, 0) is 9.53 Å². The fraction of sp³-hybridized carbons (Fsp3) is 0.0833. The summed E-state index contributed by atoms with van der Waals surface area (Å²) < 4.78 is 4.67. The summed E-state index contributed by atoms with van der Waals surface area (Å²) >= 11 is 0. The lowest BCUT2D eigenvalue weighted by atomic mass is 10.1. The molecule has 1 heterocycles. The zero-order valence-electron chi connectivity index (χ0n) is 8.98. The van der Waals surface area contributed by atoms with Crippen LogP contribution in [0.1, 0.15) is 15.9 Å². The maximum atomic E-state index is 11.6. The van der Waals surface area contributed by atoms with Crippen molar-refractivity contribution in [2.75, 3.05) is 7.11 Å². The van der Waals surface area contributed by atoms with Gasteiger partial charge in [-0.15, -0.1) is 0 Å². The molecule has 0 aliphatic heterocycles. The van der Waals surface area contributed by atoms with Crippen LogP contribution in [0.4, 0.5) is 0 Å².